The zero-order valence-corrected chi connectivity index (χ0v) is 17.1. The molecule has 29 heavy (non-hydrogen) atoms. The lowest BCUT2D eigenvalue weighted by atomic mass is 10.1. The fourth-order valence-electron chi connectivity index (χ4n) is 3.64. The molecule has 0 spiro atoms. The van der Waals surface area contributed by atoms with Crippen molar-refractivity contribution in [1.29, 1.82) is 0 Å². The molecular weight excluding hydrogens is 366 g/mol. The summed E-state index contributed by atoms with van der Waals surface area (Å²) >= 11 is 0. The lowest BCUT2D eigenvalue weighted by Crippen LogP contribution is -2.49. The summed E-state index contributed by atoms with van der Waals surface area (Å²) < 4.78 is 5.16. The van der Waals surface area contributed by atoms with E-state index >= 15 is 0 Å². The van der Waals surface area contributed by atoms with Gasteiger partial charge in [0.05, 0.1) is 0 Å². The van der Waals surface area contributed by atoms with Crippen LogP contribution in [-0.4, -0.2) is 52.1 Å². The molecule has 4 rings (SSSR count). The maximum absolute atomic E-state index is 12.8. The average Bonchev–Trinajstić information content (AvgIpc) is 3.22. The number of anilines is 1. The van der Waals surface area contributed by atoms with Crippen LogP contribution in [0.25, 0.3) is 11.4 Å². The molecule has 1 fully saturated rings. The van der Waals surface area contributed by atoms with Crippen LogP contribution in [0.2, 0.25) is 0 Å². The molecule has 1 amide bonds. The molecule has 0 bridgehead atoms. The van der Waals surface area contributed by atoms with Crippen LogP contribution >= 0.6 is 0 Å². The molecule has 0 N–H and O–H groups in total. The molecule has 1 aliphatic heterocycles. The van der Waals surface area contributed by atoms with Crippen molar-refractivity contribution in [1.82, 2.24) is 20.0 Å². The number of hydrogen-bond acceptors (Lipinski definition) is 6. The minimum atomic E-state index is 0.101. The van der Waals surface area contributed by atoms with Crippen LogP contribution in [0, 0.1) is 13.8 Å². The summed E-state index contributed by atoms with van der Waals surface area (Å²) in [5.41, 5.74) is 3.83. The highest BCUT2D eigenvalue weighted by molar-refractivity contribution is 5.94. The molecule has 0 saturated carbocycles. The highest BCUT2D eigenvalue weighted by atomic mass is 16.5. The van der Waals surface area contributed by atoms with Crippen molar-refractivity contribution in [2.75, 3.05) is 31.1 Å². The zero-order valence-electron chi connectivity index (χ0n) is 17.1. The predicted molar refractivity (Wildman–Crippen MR) is 111 cm³/mol. The van der Waals surface area contributed by atoms with E-state index in [1.165, 1.54) is 0 Å². The Morgan fingerprint density at radius 2 is 1.79 bits per heavy atom. The Balaban J connectivity index is 1.39. The van der Waals surface area contributed by atoms with E-state index in [0.717, 1.165) is 41.2 Å². The average molecular weight is 391 g/mol. The van der Waals surface area contributed by atoms with Crippen molar-refractivity contribution in [2.45, 2.75) is 27.2 Å². The summed E-state index contributed by atoms with van der Waals surface area (Å²) in [4.78, 5) is 25.9. The molecule has 0 unspecified atom stereocenters. The van der Waals surface area contributed by atoms with Gasteiger partial charge >= 0.3 is 0 Å². The number of benzene rings is 1. The Kier molecular flexibility index (Phi) is 5.29. The normalized spacial score (nSPS) is 14.3. The Morgan fingerprint density at radius 3 is 2.38 bits per heavy atom. The summed E-state index contributed by atoms with van der Waals surface area (Å²) in [5.74, 6) is 2.17. The summed E-state index contributed by atoms with van der Waals surface area (Å²) in [6, 6.07) is 9.94. The van der Waals surface area contributed by atoms with E-state index in [9.17, 15) is 4.79 Å². The maximum atomic E-state index is 12.8. The molecule has 0 radical (unpaired) electrons. The molecule has 7 heteroatoms. The van der Waals surface area contributed by atoms with Crippen molar-refractivity contribution in [3.8, 4) is 11.4 Å². The van der Waals surface area contributed by atoms with Crippen LogP contribution in [0.5, 0.6) is 0 Å². The first kappa shape index (κ1) is 19.1. The SMILES string of the molecule is CCc1nc(-c2ccc(N3CCN(C(=O)c4cc(C)cc(C)c4)CC3)nc2)no1. The number of pyridine rings is 1. The van der Waals surface area contributed by atoms with E-state index in [1.807, 2.05) is 49.9 Å². The third kappa shape index (κ3) is 4.13. The summed E-state index contributed by atoms with van der Waals surface area (Å²) in [6.07, 6.45) is 2.48. The van der Waals surface area contributed by atoms with Crippen molar-refractivity contribution in [3.63, 3.8) is 0 Å². The van der Waals surface area contributed by atoms with Gasteiger partial charge in [-0.15, -0.1) is 0 Å². The molecule has 3 aromatic rings. The van der Waals surface area contributed by atoms with Gasteiger partial charge in [-0.1, -0.05) is 29.3 Å². The number of piperazine rings is 1. The third-order valence-electron chi connectivity index (χ3n) is 5.14. The summed E-state index contributed by atoms with van der Waals surface area (Å²) in [5, 5.41) is 3.99. The molecule has 150 valence electrons. The number of hydrogen-bond donors (Lipinski definition) is 0. The van der Waals surface area contributed by atoms with Gasteiger partial charge in [-0.2, -0.15) is 4.98 Å². The Bertz CT molecular complexity index is 984. The highest BCUT2D eigenvalue weighted by Gasteiger charge is 2.23. The standard InChI is InChI=1S/C22H25N5O2/c1-4-20-24-21(25-29-20)17-5-6-19(23-14-17)26-7-9-27(10-8-26)22(28)18-12-15(2)11-16(3)13-18/h5-6,11-14H,4,7-10H2,1-3H3. The van der Waals surface area contributed by atoms with Crippen LogP contribution in [0.15, 0.2) is 41.1 Å². The van der Waals surface area contributed by atoms with Crippen LogP contribution < -0.4 is 4.90 Å². The monoisotopic (exact) mass is 391 g/mol. The van der Waals surface area contributed by atoms with E-state index < -0.39 is 0 Å². The minimum Gasteiger partial charge on any atom is -0.353 e. The Morgan fingerprint density at radius 1 is 1.07 bits per heavy atom. The number of nitrogens with zero attached hydrogens (tertiary/aromatic N) is 5. The lowest BCUT2D eigenvalue weighted by Gasteiger charge is -2.35. The van der Waals surface area contributed by atoms with Gasteiger partial charge in [0, 0.05) is 49.9 Å². The van der Waals surface area contributed by atoms with Gasteiger partial charge in [-0.05, 0) is 38.1 Å². The molecule has 1 aliphatic rings. The first-order chi connectivity index (χ1) is 14.0. The van der Waals surface area contributed by atoms with Crippen LogP contribution in [-0.2, 0) is 6.42 Å². The number of rotatable bonds is 4. The van der Waals surface area contributed by atoms with Gasteiger partial charge in [0.1, 0.15) is 5.82 Å². The van der Waals surface area contributed by atoms with Gasteiger partial charge in [0.2, 0.25) is 11.7 Å². The second kappa shape index (κ2) is 8.03. The second-order valence-electron chi connectivity index (χ2n) is 7.43. The number of aromatic nitrogens is 3. The first-order valence-electron chi connectivity index (χ1n) is 9.95. The topological polar surface area (TPSA) is 75.4 Å². The van der Waals surface area contributed by atoms with Crippen LogP contribution in [0.1, 0.15) is 34.3 Å². The molecule has 2 aromatic heterocycles. The van der Waals surface area contributed by atoms with Crippen molar-refractivity contribution in [3.05, 3.63) is 59.1 Å². The fourth-order valence-corrected chi connectivity index (χ4v) is 3.64. The van der Waals surface area contributed by atoms with Gasteiger partial charge in [-0.3, -0.25) is 4.79 Å². The highest BCUT2D eigenvalue weighted by Crippen LogP contribution is 2.20. The Hall–Kier alpha value is -3.22. The molecular formula is C22H25N5O2. The van der Waals surface area contributed by atoms with E-state index in [-0.39, 0.29) is 5.91 Å². The summed E-state index contributed by atoms with van der Waals surface area (Å²) in [6.45, 7) is 8.89. The smallest absolute Gasteiger partial charge is 0.253 e. The molecule has 1 aromatic carbocycles. The van der Waals surface area contributed by atoms with Crippen LogP contribution in [0.3, 0.4) is 0 Å². The lowest BCUT2D eigenvalue weighted by molar-refractivity contribution is 0.0746. The van der Waals surface area contributed by atoms with Crippen molar-refractivity contribution < 1.29 is 9.32 Å². The maximum Gasteiger partial charge on any atom is 0.253 e. The number of carbonyl (C=O) groups is 1. The van der Waals surface area contributed by atoms with Gasteiger partial charge in [0.15, 0.2) is 0 Å². The van der Waals surface area contributed by atoms with E-state index in [0.29, 0.717) is 31.2 Å². The number of carbonyl (C=O) groups excluding carboxylic acids is 1. The van der Waals surface area contributed by atoms with E-state index in [4.69, 9.17) is 4.52 Å². The van der Waals surface area contributed by atoms with E-state index in [2.05, 4.69) is 26.1 Å². The zero-order chi connectivity index (χ0) is 20.4. The number of amides is 1. The molecule has 1 saturated heterocycles. The second-order valence-corrected chi connectivity index (χ2v) is 7.43. The number of aryl methyl sites for hydroxylation is 3. The Labute approximate surface area is 170 Å². The molecule has 0 atom stereocenters. The quantitative estimate of drug-likeness (QED) is 0.679. The van der Waals surface area contributed by atoms with E-state index in [1.54, 1.807) is 6.20 Å². The van der Waals surface area contributed by atoms with Crippen LogP contribution in [0.4, 0.5) is 5.82 Å². The first-order valence-corrected chi connectivity index (χ1v) is 9.95. The van der Waals surface area contributed by atoms with Crippen molar-refractivity contribution in [2.24, 2.45) is 0 Å². The minimum absolute atomic E-state index is 0.101. The summed E-state index contributed by atoms with van der Waals surface area (Å²) in [7, 11) is 0. The van der Waals surface area contributed by atoms with Gasteiger partial charge in [-0.25, -0.2) is 4.98 Å². The molecule has 0 aliphatic carbocycles. The molecule has 3 heterocycles. The molecule has 7 nitrogen and oxygen atoms in total. The van der Waals surface area contributed by atoms with Gasteiger partial charge < -0.3 is 14.3 Å². The third-order valence-corrected chi connectivity index (χ3v) is 5.14. The predicted octanol–water partition coefficient (Wildman–Crippen LogP) is 3.27. The van der Waals surface area contributed by atoms with Gasteiger partial charge in [0.25, 0.3) is 5.91 Å². The largest absolute Gasteiger partial charge is 0.353 e. The van der Waals surface area contributed by atoms with Crippen molar-refractivity contribution >= 4 is 11.7 Å². The fraction of sp³-hybridized carbons (Fsp3) is 0.364.